The Morgan fingerprint density at radius 2 is 1.30 bits per heavy atom. The standard InChI is InChI=1S/C19H36O4/c1-4-6-8-9-10-11-12-13-15-17(14-7-5-2)18(19(21)22)23-16(3)20/h17-18H,4-15H2,1-3H3,(H,21,22). The van der Waals surface area contributed by atoms with E-state index in [0.29, 0.717) is 0 Å². The Labute approximate surface area is 142 Å². The summed E-state index contributed by atoms with van der Waals surface area (Å²) < 4.78 is 5.05. The van der Waals surface area contributed by atoms with Crippen LogP contribution in [0.3, 0.4) is 0 Å². The van der Waals surface area contributed by atoms with Gasteiger partial charge in [0.25, 0.3) is 0 Å². The fourth-order valence-corrected chi connectivity index (χ4v) is 2.98. The molecule has 2 unspecified atom stereocenters. The molecular formula is C19H36O4. The number of carbonyl (C=O) groups is 2. The van der Waals surface area contributed by atoms with E-state index in [1.165, 1.54) is 45.4 Å². The number of unbranched alkanes of at least 4 members (excludes halogenated alkanes) is 8. The minimum absolute atomic E-state index is 0.0589. The summed E-state index contributed by atoms with van der Waals surface area (Å²) in [6.45, 7) is 5.59. The van der Waals surface area contributed by atoms with Gasteiger partial charge >= 0.3 is 11.9 Å². The number of esters is 1. The molecule has 23 heavy (non-hydrogen) atoms. The van der Waals surface area contributed by atoms with Crippen molar-refractivity contribution < 1.29 is 19.4 Å². The maximum Gasteiger partial charge on any atom is 0.345 e. The minimum atomic E-state index is -1.01. The molecule has 0 aromatic heterocycles. The van der Waals surface area contributed by atoms with Crippen LogP contribution in [-0.4, -0.2) is 23.1 Å². The van der Waals surface area contributed by atoms with Crippen molar-refractivity contribution in [3.8, 4) is 0 Å². The first-order valence-electron chi connectivity index (χ1n) is 9.42. The third-order valence-corrected chi connectivity index (χ3v) is 4.32. The number of carbonyl (C=O) groups excluding carboxylic acids is 1. The number of carboxylic acid groups (broad SMARTS) is 1. The lowest BCUT2D eigenvalue weighted by molar-refractivity contribution is -0.167. The van der Waals surface area contributed by atoms with Gasteiger partial charge in [0, 0.05) is 12.8 Å². The Morgan fingerprint density at radius 3 is 1.78 bits per heavy atom. The lowest BCUT2D eigenvalue weighted by Crippen LogP contribution is -2.34. The number of rotatable bonds is 15. The number of ether oxygens (including phenoxy) is 1. The van der Waals surface area contributed by atoms with Gasteiger partial charge in [0.15, 0.2) is 0 Å². The molecule has 2 atom stereocenters. The molecule has 4 heteroatoms. The molecule has 0 heterocycles. The van der Waals surface area contributed by atoms with E-state index in [9.17, 15) is 14.7 Å². The predicted octanol–water partition coefficient (Wildman–Crippen LogP) is 5.34. The zero-order chi connectivity index (χ0) is 17.5. The van der Waals surface area contributed by atoms with Crippen molar-refractivity contribution in [2.24, 2.45) is 5.92 Å². The maximum atomic E-state index is 11.4. The molecular weight excluding hydrogens is 292 g/mol. The van der Waals surface area contributed by atoms with Crippen molar-refractivity contribution in [2.75, 3.05) is 0 Å². The number of hydrogen-bond acceptors (Lipinski definition) is 3. The van der Waals surface area contributed by atoms with Gasteiger partial charge in [-0.05, 0) is 12.8 Å². The van der Waals surface area contributed by atoms with Gasteiger partial charge in [-0.25, -0.2) is 4.79 Å². The Kier molecular flexibility index (Phi) is 13.9. The average molecular weight is 328 g/mol. The number of carboxylic acids is 1. The fraction of sp³-hybridized carbons (Fsp3) is 0.895. The lowest BCUT2D eigenvalue weighted by Gasteiger charge is -2.23. The van der Waals surface area contributed by atoms with Gasteiger partial charge in [-0.1, -0.05) is 78.1 Å². The largest absolute Gasteiger partial charge is 0.478 e. The van der Waals surface area contributed by atoms with Gasteiger partial charge in [-0.15, -0.1) is 0 Å². The summed E-state index contributed by atoms with van der Waals surface area (Å²) in [6, 6.07) is 0. The molecule has 0 saturated heterocycles. The van der Waals surface area contributed by atoms with Crippen molar-refractivity contribution >= 4 is 11.9 Å². The minimum Gasteiger partial charge on any atom is -0.478 e. The van der Waals surface area contributed by atoms with Crippen molar-refractivity contribution in [3.63, 3.8) is 0 Å². The van der Waals surface area contributed by atoms with E-state index in [0.717, 1.165) is 38.5 Å². The molecule has 1 N–H and O–H groups in total. The molecule has 0 saturated carbocycles. The Hall–Kier alpha value is -1.06. The van der Waals surface area contributed by atoms with Crippen LogP contribution in [0.2, 0.25) is 0 Å². The van der Waals surface area contributed by atoms with E-state index in [-0.39, 0.29) is 5.92 Å². The molecule has 0 aliphatic carbocycles. The normalized spacial score (nSPS) is 13.5. The molecule has 4 nitrogen and oxygen atoms in total. The second kappa shape index (κ2) is 14.5. The van der Waals surface area contributed by atoms with Gasteiger partial charge < -0.3 is 9.84 Å². The molecule has 0 spiro atoms. The van der Waals surface area contributed by atoms with E-state index < -0.39 is 18.0 Å². The van der Waals surface area contributed by atoms with Crippen LogP contribution in [0.25, 0.3) is 0 Å². The summed E-state index contributed by atoms with van der Waals surface area (Å²) >= 11 is 0. The fourth-order valence-electron chi connectivity index (χ4n) is 2.98. The molecule has 0 radical (unpaired) electrons. The molecule has 0 aliphatic rings. The van der Waals surface area contributed by atoms with E-state index in [4.69, 9.17) is 4.74 Å². The first-order chi connectivity index (χ1) is 11.0. The average Bonchev–Trinajstić information content (AvgIpc) is 2.50. The smallest absolute Gasteiger partial charge is 0.345 e. The third-order valence-electron chi connectivity index (χ3n) is 4.32. The zero-order valence-corrected chi connectivity index (χ0v) is 15.3. The quantitative estimate of drug-likeness (QED) is 0.325. The van der Waals surface area contributed by atoms with E-state index in [2.05, 4.69) is 13.8 Å². The summed E-state index contributed by atoms with van der Waals surface area (Å²) in [5.74, 6) is -1.58. The highest BCUT2D eigenvalue weighted by Crippen LogP contribution is 2.24. The highest BCUT2D eigenvalue weighted by Gasteiger charge is 2.30. The van der Waals surface area contributed by atoms with Crippen LogP contribution >= 0.6 is 0 Å². The highest BCUT2D eigenvalue weighted by atomic mass is 16.6. The summed E-state index contributed by atoms with van der Waals surface area (Å²) in [7, 11) is 0. The maximum absolute atomic E-state index is 11.4. The molecule has 136 valence electrons. The van der Waals surface area contributed by atoms with E-state index >= 15 is 0 Å². The van der Waals surface area contributed by atoms with Gasteiger partial charge in [-0.2, -0.15) is 0 Å². The van der Waals surface area contributed by atoms with Crippen LogP contribution in [0.15, 0.2) is 0 Å². The van der Waals surface area contributed by atoms with E-state index in [1.54, 1.807) is 0 Å². The SMILES string of the molecule is CCCCCCCCCCC(CCCC)C(OC(C)=O)C(=O)O. The monoisotopic (exact) mass is 328 g/mol. The van der Waals surface area contributed by atoms with Gasteiger partial charge in [0.2, 0.25) is 6.10 Å². The van der Waals surface area contributed by atoms with Gasteiger partial charge in [-0.3, -0.25) is 4.79 Å². The summed E-state index contributed by atoms with van der Waals surface area (Å²) in [6.07, 6.45) is 12.5. The molecule has 0 bridgehead atoms. The number of aliphatic carboxylic acids is 1. The van der Waals surface area contributed by atoms with E-state index in [1.807, 2.05) is 0 Å². The Bertz CT molecular complexity index is 314. The van der Waals surface area contributed by atoms with Gasteiger partial charge in [0.1, 0.15) is 0 Å². The van der Waals surface area contributed by atoms with Crippen LogP contribution in [0.4, 0.5) is 0 Å². The van der Waals surface area contributed by atoms with Crippen LogP contribution in [0.1, 0.15) is 97.8 Å². The summed E-state index contributed by atoms with van der Waals surface area (Å²) in [5.41, 5.74) is 0. The topological polar surface area (TPSA) is 63.6 Å². The summed E-state index contributed by atoms with van der Waals surface area (Å²) in [4.78, 5) is 22.6. The molecule has 0 amide bonds. The predicted molar refractivity (Wildman–Crippen MR) is 93.4 cm³/mol. The first kappa shape index (κ1) is 21.9. The first-order valence-corrected chi connectivity index (χ1v) is 9.42. The highest BCUT2D eigenvalue weighted by molar-refractivity contribution is 5.77. The van der Waals surface area contributed by atoms with Crippen molar-refractivity contribution in [2.45, 2.75) is 104 Å². The second-order valence-corrected chi connectivity index (χ2v) is 6.53. The molecule has 0 fully saturated rings. The summed E-state index contributed by atoms with van der Waals surface area (Å²) in [5, 5.41) is 9.34. The van der Waals surface area contributed by atoms with Crippen LogP contribution in [-0.2, 0) is 14.3 Å². The van der Waals surface area contributed by atoms with Crippen LogP contribution in [0, 0.1) is 5.92 Å². The molecule has 0 aromatic rings. The molecule has 0 aliphatic heterocycles. The van der Waals surface area contributed by atoms with Gasteiger partial charge in [0.05, 0.1) is 0 Å². The molecule has 0 rings (SSSR count). The molecule has 0 aromatic carbocycles. The number of hydrogen-bond donors (Lipinski definition) is 1. The Morgan fingerprint density at radius 1 is 0.826 bits per heavy atom. The van der Waals surface area contributed by atoms with Crippen molar-refractivity contribution in [1.29, 1.82) is 0 Å². The van der Waals surface area contributed by atoms with Crippen LogP contribution in [0.5, 0.6) is 0 Å². The zero-order valence-electron chi connectivity index (χ0n) is 15.3. The van der Waals surface area contributed by atoms with Crippen molar-refractivity contribution in [3.05, 3.63) is 0 Å². The second-order valence-electron chi connectivity index (χ2n) is 6.53. The van der Waals surface area contributed by atoms with Crippen molar-refractivity contribution in [1.82, 2.24) is 0 Å². The Balaban J connectivity index is 4.16. The van der Waals surface area contributed by atoms with Crippen LogP contribution < -0.4 is 0 Å². The third kappa shape index (κ3) is 12.1. The lowest BCUT2D eigenvalue weighted by atomic mass is 9.90.